The van der Waals surface area contributed by atoms with E-state index in [-0.39, 0.29) is 5.56 Å². The highest BCUT2D eigenvalue weighted by Crippen LogP contribution is 2.36. The van der Waals surface area contributed by atoms with Gasteiger partial charge in [0.2, 0.25) is 5.88 Å². The summed E-state index contributed by atoms with van der Waals surface area (Å²) in [7, 11) is 0. The summed E-state index contributed by atoms with van der Waals surface area (Å²) >= 11 is 0. The standard InChI is InChI=1S/C24H23N7O2/c1-15-10-21-27-16(2)11-22(32)31(21)28-23(15)29-7-5-19-17(14-29)12-18(13-26-19)30-8-9-33-24-20(30)4-3-6-25-24/h3-4,6,10-13H,5,7-9,14H2,1-2H3. The summed E-state index contributed by atoms with van der Waals surface area (Å²) in [6.45, 7) is 6.61. The van der Waals surface area contributed by atoms with Gasteiger partial charge in [-0.15, -0.1) is 5.10 Å². The molecule has 0 fully saturated rings. The molecule has 0 atom stereocenters. The van der Waals surface area contributed by atoms with Crippen molar-refractivity contribution in [3.63, 3.8) is 0 Å². The summed E-state index contributed by atoms with van der Waals surface area (Å²) in [5.74, 6) is 1.44. The second kappa shape index (κ2) is 7.54. The summed E-state index contributed by atoms with van der Waals surface area (Å²) in [5.41, 5.74) is 6.32. The molecule has 33 heavy (non-hydrogen) atoms. The molecule has 0 amide bonds. The Hall–Kier alpha value is -4.01. The molecule has 0 spiro atoms. The molecule has 4 aromatic heterocycles. The van der Waals surface area contributed by atoms with Crippen LogP contribution >= 0.6 is 0 Å². The lowest BCUT2D eigenvalue weighted by atomic mass is 10.0. The lowest BCUT2D eigenvalue weighted by Crippen LogP contribution is -2.34. The number of aromatic nitrogens is 5. The highest BCUT2D eigenvalue weighted by Gasteiger charge is 2.25. The van der Waals surface area contributed by atoms with Gasteiger partial charge in [0.05, 0.1) is 18.4 Å². The lowest BCUT2D eigenvalue weighted by Gasteiger charge is -2.33. The van der Waals surface area contributed by atoms with Crippen molar-refractivity contribution in [2.45, 2.75) is 26.8 Å². The van der Waals surface area contributed by atoms with E-state index >= 15 is 0 Å². The normalized spacial score (nSPS) is 15.2. The fourth-order valence-electron chi connectivity index (χ4n) is 4.61. The van der Waals surface area contributed by atoms with Crippen LogP contribution in [0.5, 0.6) is 5.88 Å². The average Bonchev–Trinajstić information content (AvgIpc) is 2.82. The van der Waals surface area contributed by atoms with Gasteiger partial charge in [-0.05, 0) is 49.2 Å². The van der Waals surface area contributed by atoms with E-state index in [1.54, 1.807) is 6.20 Å². The van der Waals surface area contributed by atoms with Gasteiger partial charge in [0.25, 0.3) is 5.56 Å². The van der Waals surface area contributed by atoms with Crippen molar-refractivity contribution in [1.29, 1.82) is 0 Å². The maximum atomic E-state index is 12.5. The largest absolute Gasteiger partial charge is 0.474 e. The topological polar surface area (TPSA) is 88.8 Å². The van der Waals surface area contributed by atoms with Crippen molar-refractivity contribution >= 4 is 22.8 Å². The molecule has 9 heteroatoms. The third-order valence-electron chi connectivity index (χ3n) is 6.17. The van der Waals surface area contributed by atoms with Crippen LogP contribution in [0.15, 0.2) is 47.5 Å². The SMILES string of the molecule is Cc1cc(=O)n2nc(N3CCc4ncc(N5CCOc6ncccc65)cc4C3)c(C)cc2n1. The number of aryl methyl sites for hydroxylation is 2. The second-order valence-electron chi connectivity index (χ2n) is 8.46. The van der Waals surface area contributed by atoms with Crippen LogP contribution in [-0.2, 0) is 13.0 Å². The molecule has 0 saturated carbocycles. The van der Waals surface area contributed by atoms with Crippen LogP contribution in [0.2, 0.25) is 0 Å². The van der Waals surface area contributed by atoms with E-state index in [4.69, 9.17) is 9.72 Å². The van der Waals surface area contributed by atoms with Crippen molar-refractivity contribution in [2.24, 2.45) is 0 Å². The van der Waals surface area contributed by atoms with Crippen molar-refractivity contribution in [3.8, 4) is 5.88 Å². The number of hydrogen-bond donors (Lipinski definition) is 0. The molecule has 2 aliphatic heterocycles. The molecule has 0 aromatic carbocycles. The van der Waals surface area contributed by atoms with Crippen LogP contribution in [0.25, 0.3) is 5.65 Å². The van der Waals surface area contributed by atoms with Crippen LogP contribution in [0.3, 0.4) is 0 Å². The van der Waals surface area contributed by atoms with Crippen LogP contribution in [-0.4, -0.2) is 44.3 Å². The van der Waals surface area contributed by atoms with Gasteiger partial charge in [-0.2, -0.15) is 4.52 Å². The third kappa shape index (κ3) is 3.36. The Bertz CT molecular complexity index is 1450. The quantitative estimate of drug-likeness (QED) is 0.469. The van der Waals surface area contributed by atoms with Crippen molar-refractivity contribution in [3.05, 3.63) is 75.6 Å². The number of nitrogens with zero attached hydrogens (tertiary/aromatic N) is 7. The number of pyridine rings is 2. The smallest absolute Gasteiger partial charge is 0.274 e. The number of rotatable bonds is 2. The maximum absolute atomic E-state index is 12.5. The number of hydrogen-bond acceptors (Lipinski definition) is 8. The minimum Gasteiger partial charge on any atom is -0.474 e. The minimum atomic E-state index is -0.167. The Labute approximate surface area is 190 Å². The monoisotopic (exact) mass is 441 g/mol. The van der Waals surface area contributed by atoms with E-state index in [1.165, 1.54) is 10.6 Å². The van der Waals surface area contributed by atoms with Crippen molar-refractivity contribution in [2.75, 3.05) is 29.5 Å². The molecule has 6 rings (SSSR count). The molecule has 9 nitrogen and oxygen atoms in total. The predicted octanol–water partition coefficient (Wildman–Crippen LogP) is 2.59. The number of ether oxygens (including phenoxy) is 1. The zero-order valence-corrected chi connectivity index (χ0v) is 18.5. The molecule has 0 radical (unpaired) electrons. The highest BCUT2D eigenvalue weighted by atomic mass is 16.5. The molecule has 0 aliphatic carbocycles. The zero-order valence-electron chi connectivity index (χ0n) is 18.5. The van der Waals surface area contributed by atoms with Gasteiger partial charge in [0.1, 0.15) is 12.3 Å². The first-order valence-corrected chi connectivity index (χ1v) is 11.0. The van der Waals surface area contributed by atoms with Crippen molar-refractivity contribution in [1.82, 2.24) is 24.6 Å². The van der Waals surface area contributed by atoms with E-state index in [2.05, 4.69) is 30.9 Å². The van der Waals surface area contributed by atoms with Gasteiger partial charge < -0.3 is 14.5 Å². The molecule has 0 bridgehead atoms. The molecular formula is C24H23N7O2. The number of fused-ring (bicyclic) bond motifs is 3. The Kier molecular flexibility index (Phi) is 4.49. The Morgan fingerprint density at radius 1 is 1.09 bits per heavy atom. The second-order valence-corrected chi connectivity index (χ2v) is 8.46. The van der Waals surface area contributed by atoms with E-state index < -0.39 is 0 Å². The van der Waals surface area contributed by atoms with Gasteiger partial charge >= 0.3 is 0 Å². The van der Waals surface area contributed by atoms with E-state index in [0.717, 1.165) is 53.5 Å². The summed E-state index contributed by atoms with van der Waals surface area (Å²) in [6.07, 6.45) is 4.49. The maximum Gasteiger partial charge on any atom is 0.274 e. The average molecular weight is 441 g/mol. The fourth-order valence-corrected chi connectivity index (χ4v) is 4.61. The molecular weight excluding hydrogens is 418 g/mol. The van der Waals surface area contributed by atoms with Gasteiger partial charge in [-0.3, -0.25) is 9.78 Å². The molecule has 6 heterocycles. The Morgan fingerprint density at radius 2 is 2.00 bits per heavy atom. The summed E-state index contributed by atoms with van der Waals surface area (Å²) in [6, 6.07) is 9.57. The molecule has 0 saturated heterocycles. The third-order valence-corrected chi connectivity index (χ3v) is 6.17. The van der Waals surface area contributed by atoms with Crippen molar-refractivity contribution < 1.29 is 4.74 Å². The fraction of sp³-hybridized carbons (Fsp3) is 0.292. The van der Waals surface area contributed by atoms with Crippen LogP contribution in [0.4, 0.5) is 17.2 Å². The molecule has 0 unspecified atom stereocenters. The van der Waals surface area contributed by atoms with E-state index in [9.17, 15) is 4.79 Å². The van der Waals surface area contributed by atoms with Gasteiger partial charge in [-0.25, -0.2) is 9.97 Å². The zero-order chi connectivity index (χ0) is 22.5. The summed E-state index contributed by atoms with van der Waals surface area (Å²) < 4.78 is 7.09. The molecule has 0 N–H and O–H groups in total. The molecule has 4 aromatic rings. The predicted molar refractivity (Wildman–Crippen MR) is 124 cm³/mol. The van der Waals surface area contributed by atoms with Gasteiger partial charge in [0, 0.05) is 43.2 Å². The van der Waals surface area contributed by atoms with E-state index in [0.29, 0.717) is 30.4 Å². The number of anilines is 3. The Balaban J connectivity index is 1.36. The molecule has 166 valence electrons. The highest BCUT2D eigenvalue weighted by molar-refractivity contribution is 5.69. The van der Waals surface area contributed by atoms with Crippen LogP contribution < -0.4 is 20.1 Å². The summed E-state index contributed by atoms with van der Waals surface area (Å²) in [5, 5.41) is 4.67. The van der Waals surface area contributed by atoms with Crippen LogP contribution in [0.1, 0.15) is 22.5 Å². The first-order valence-electron chi connectivity index (χ1n) is 11.0. The first kappa shape index (κ1) is 19.7. The first-order chi connectivity index (χ1) is 16.1. The van der Waals surface area contributed by atoms with Gasteiger partial charge in [-0.1, -0.05) is 0 Å². The lowest BCUT2D eigenvalue weighted by molar-refractivity contribution is 0.301. The molecule has 2 aliphatic rings. The van der Waals surface area contributed by atoms with E-state index in [1.807, 2.05) is 38.2 Å². The Morgan fingerprint density at radius 3 is 2.91 bits per heavy atom. The van der Waals surface area contributed by atoms with Gasteiger partial charge in [0.15, 0.2) is 11.5 Å². The van der Waals surface area contributed by atoms with Crippen LogP contribution in [0, 0.1) is 13.8 Å². The summed E-state index contributed by atoms with van der Waals surface area (Å²) in [4.78, 5) is 30.5. The minimum absolute atomic E-state index is 0.167.